The minimum atomic E-state index is -3.34. The molecule has 35 heavy (non-hydrogen) atoms. The lowest BCUT2D eigenvalue weighted by atomic mass is 10.0. The molecule has 1 saturated heterocycles. The number of aromatic nitrogens is 3. The number of nitrogens with zero attached hydrogens (tertiary/aromatic N) is 4. The number of hydrogen-bond donors (Lipinski definition) is 2. The number of nitrogens with two attached hydrogens (primary N) is 1. The van der Waals surface area contributed by atoms with Gasteiger partial charge in [-0.05, 0) is 45.4 Å². The van der Waals surface area contributed by atoms with Crippen LogP contribution in [0.5, 0.6) is 0 Å². The number of anilines is 2. The van der Waals surface area contributed by atoms with E-state index in [4.69, 9.17) is 10.5 Å². The number of sulfone groups is 1. The topological polar surface area (TPSA) is 132 Å². The molecule has 0 saturated carbocycles. The van der Waals surface area contributed by atoms with Crippen LogP contribution in [0.3, 0.4) is 0 Å². The van der Waals surface area contributed by atoms with E-state index < -0.39 is 33.7 Å². The third-order valence-electron chi connectivity index (χ3n) is 5.71. The van der Waals surface area contributed by atoms with Gasteiger partial charge in [-0.15, -0.1) is 0 Å². The number of rotatable bonds is 4. The molecule has 188 valence electrons. The Balaban J connectivity index is 1.68. The van der Waals surface area contributed by atoms with Crippen LogP contribution in [0, 0.1) is 0 Å². The molecule has 1 amide bonds. The molecule has 1 fully saturated rings. The van der Waals surface area contributed by atoms with Crippen molar-refractivity contribution in [3.05, 3.63) is 36.7 Å². The number of alkyl halides is 1. The molecule has 3 aromatic rings. The summed E-state index contributed by atoms with van der Waals surface area (Å²) in [7, 11) is -3.34. The van der Waals surface area contributed by atoms with Gasteiger partial charge in [0.2, 0.25) is 0 Å². The Bertz CT molecular complexity index is 1350. The average Bonchev–Trinajstić information content (AvgIpc) is 3.14. The molecule has 0 bridgehead atoms. The number of fused-ring (bicyclic) bond motifs is 1. The summed E-state index contributed by atoms with van der Waals surface area (Å²) in [6.07, 6.45) is 0.773. The molecule has 1 aromatic carbocycles. The third kappa shape index (κ3) is 5.31. The molecule has 0 aliphatic carbocycles. The highest BCUT2D eigenvalue weighted by atomic mass is 32.2. The summed E-state index contributed by atoms with van der Waals surface area (Å²) >= 11 is 0. The first-order valence-electron chi connectivity index (χ1n) is 11.1. The normalized spacial score (nSPS) is 19.1. The lowest BCUT2D eigenvalue weighted by Crippen LogP contribution is -2.54. The molecule has 2 aromatic heterocycles. The van der Waals surface area contributed by atoms with Crippen LogP contribution in [0.2, 0.25) is 0 Å². The number of carbonyl (C=O) groups excluding carboxylic acids is 1. The van der Waals surface area contributed by atoms with Gasteiger partial charge in [0, 0.05) is 24.9 Å². The van der Waals surface area contributed by atoms with Gasteiger partial charge in [0.25, 0.3) is 0 Å². The van der Waals surface area contributed by atoms with E-state index >= 15 is 0 Å². The maximum atomic E-state index is 14.7. The van der Waals surface area contributed by atoms with E-state index in [0.29, 0.717) is 23.4 Å². The first-order chi connectivity index (χ1) is 16.3. The van der Waals surface area contributed by atoms with E-state index in [-0.39, 0.29) is 23.7 Å². The summed E-state index contributed by atoms with van der Waals surface area (Å²) in [4.78, 5) is 18.5. The molecule has 10 nitrogen and oxygen atoms in total. The predicted molar refractivity (Wildman–Crippen MR) is 131 cm³/mol. The fourth-order valence-electron chi connectivity index (χ4n) is 4.11. The second kappa shape index (κ2) is 8.99. The SMILES string of the molecule is CC(C)(C)OC(=O)N[C@@H]1CN(c2cc(-c3ccc(S(C)(=O)=O)cc3)n3ncnc(N)c23)CC[C@@H]1F. The van der Waals surface area contributed by atoms with Crippen LogP contribution in [0.15, 0.2) is 41.6 Å². The number of carbonyl (C=O) groups is 1. The van der Waals surface area contributed by atoms with Crippen molar-refractivity contribution in [1.29, 1.82) is 0 Å². The monoisotopic (exact) mass is 504 g/mol. The Morgan fingerprint density at radius 2 is 1.94 bits per heavy atom. The van der Waals surface area contributed by atoms with Crippen molar-refractivity contribution in [3.8, 4) is 11.3 Å². The number of benzene rings is 1. The zero-order valence-electron chi connectivity index (χ0n) is 20.0. The molecule has 0 radical (unpaired) electrons. The van der Waals surface area contributed by atoms with E-state index in [0.717, 1.165) is 11.8 Å². The number of ether oxygens (including phenoxy) is 1. The minimum absolute atomic E-state index is 0.195. The summed E-state index contributed by atoms with van der Waals surface area (Å²) in [5.74, 6) is 0.244. The minimum Gasteiger partial charge on any atom is -0.444 e. The first kappa shape index (κ1) is 24.7. The van der Waals surface area contributed by atoms with E-state index in [2.05, 4.69) is 15.4 Å². The van der Waals surface area contributed by atoms with Crippen molar-refractivity contribution in [2.75, 3.05) is 30.0 Å². The molecule has 12 heteroatoms. The number of nitrogens with one attached hydrogen (secondary N) is 1. The van der Waals surface area contributed by atoms with Gasteiger partial charge in [-0.25, -0.2) is 27.1 Å². The van der Waals surface area contributed by atoms with Crippen molar-refractivity contribution in [2.45, 2.75) is 49.9 Å². The number of alkyl carbamates (subject to hydrolysis) is 1. The zero-order valence-corrected chi connectivity index (χ0v) is 20.8. The van der Waals surface area contributed by atoms with Crippen molar-refractivity contribution < 1.29 is 22.3 Å². The van der Waals surface area contributed by atoms with Gasteiger partial charge in [-0.3, -0.25) is 0 Å². The smallest absolute Gasteiger partial charge is 0.408 e. The Morgan fingerprint density at radius 3 is 2.57 bits per heavy atom. The van der Waals surface area contributed by atoms with Crippen LogP contribution in [-0.2, 0) is 14.6 Å². The van der Waals surface area contributed by atoms with Gasteiger partial charge >= 0.3 is 6.09 Å². The van der Waals surface area contributed by atoms with Crippen LogP contribution in [0.1, 0.15) is 27.2 Å². The first-order valence-corrected chi connectivity index (χ1v) is 13.0. The van der Waals surface area contributed by atoms with Crippen LogP contribution < -0.4 is 16.0 Å². The Hall–Kier alpha value is -3.41. The fourth-order valence-corrected chi connectivity index (χ4v) is 4.74. The van der Waals surface area contributed by atoms with Gasteiger partial charge in [0.15, 0.2) is 15.7 Å². The van der Waals surface area contributed by atoms with Crippen LogP contribution >= 0.6 is 0 Å². The van der Waals surface area contributed by atoms with Crippen LogP contribution in [0.25, 0.3) is 16.8 Å². The molecule has 4 rings (SSSR count). The Labute approximate surface area is 203 Å². The largest absolute Gasteiger partial charge is 0.444 e. The van der Waals surface area contributed by atoms with Crippen molar-refractivity contribution in [1.82, 2.24) is 19.9 Å². The molecule has 3 N–H and O–H groups in total. The standard InChI is InChI=1S/C23H29FN6O4S/c1-23(2,3)34-22(31)28-17-12-29(10-9-16(17)24)19-11-18(30-20(19)21(25)26-13-27-30)14-5-7-15(8-6-14)35(4,32)33/h5-8,11,13,16-17H,9-10,12H2,1-4H3,(H,28,31)(H2,25,26,27)/t16-,17+/m0/s1. The molecule has 2 atom stereocenters. The van der Waals surface area contributed by atoms with E-state index in [1.807, 2.05) is 11.0 Å². The number of piperidine rings is 1. The number of halogens is 1. The second-order valence-corrected chi connectivity index (χ2v) is 11.6. The summed E-state index contributed by atoms with van der Waals surface area (Å²) in [6, 6.07) is 7.53. The van der Waals surface area contributed by atoms with Gasteiger partial charge in [-0.1, -0.05) is 12.1 Å². The highest BCUT2D eigenvalue weighted by Crippen LogP contribution is 2.35. The predicted octanol–water partition coefficient (Wildman–Crippen LogP) is 2.82. The quantitative estimate of drug-likeness (QED) is 0.554. The van der Waals surface area contributed by atoms with E-state index in [9.17, 15) is 17.6 Å². The molecule has 1 aliphatic heterocycles. The Morgan fingerprint density at radius 1 is 1.26 bits per heavy atom. The van der Waals surface area contributed by atoms with Gasteiger partial charge in [-0.2, -0.15) is 5.10 Å². The molecule has 1 aliphatic rings. The number of nitrogen functional groups attached to an aromatic ring is 1. The third-order valence-corrected chi connectivity index (χ3v) is 6.84. The molecule has 0 unspecified atom stereocenters. The molecule has 0 spiro atoms. The summed E-state index contributed by atoms with van der Waals surface area (Å²) in [5.41, 5.74) is 8.13. The maximum Gasteiger partial charge on any atom is 0.408 e. The second-order valence-electron chi connectivity index (χ2n) is 9.62. The molecular formula is C23H29FN6O4S. The highest BCUT2D eigenvalue weighted by molar-refractivity contribution is 7.90. The fraction of sp³-hybridized carbons (Fsp3) is 0.435. The Kier molecular flexibility index (Phi) is 6.34. The van der Waals surface area contributed by atoms with Crippen molar-refractivity contribution >= 4 is 33.0 Å². The van der Waals surface area contributed by atoms with E-state index in [1.165, 1.54) is 18.5 Å². The summed E-state index contributed by atoms with van der Waals surface area (Å²) in [5, 5.41) is 6.99. The van der Waals surface area contributed by atoms with Gasteiger partial charge in [0.05, 0.1) is 22.3 Å². The number of amides is 1. The van der Waals surface area contributed by atoms with Crippen LogP contribution in [-0.4, -0.2) is 66.3 Å². The van der Waals surface area contributed by atoms with Crippen molar-refractivity contribution in [2.24, 2.45) is 0 Å². The zero-order chi connectivity index (χ0) is 25.5. The molecule has 3 heterocycles. The van der Waals surface area contributed by atoms with Crippen molar-refractivity contribution in [3.63, 3.8) is 0 Å². The van der Waals surface area contributed by atoms with Gasteiger partial charge < -0.3 is 20.7 Å². The lowest BCUT2D eigenvalue weighted by molar-refractivity contribution is 0.0466. The lowest BCUT2D eigenvalue weighted by Gasteiger charge is -2.36. The highest BCUT2D eigenvalue weighted by Gasteiger charge is 2.33. The maximum absolute atomic E-state index is 14.7. The molecular weight excluding hydrogens is 475 g/mol. The summed E-state index contributed by atoms with van der Waals surface area (Å²) in [6.45, 7) is 5.82. The number of hydrogen-bond acceptors (Lipinski definition) is 8. The van der Waals surface area contributed by atoms with Crippen LogP contribution in [0.4, 0.5) is 20.7 Å². The van der Waals surface area contributed by atoms with E-state index in [1.54, 1.807) is 37.4 Å². The van der Waals surface area contributed by atoms with Gasteiger partial charge in [0.1, 0.15) is 23.6 Å². The average molecular weight is 505 g/mol. The summed E-state index contributed by atoms with van der Waals surface area (Å²) < 4.78 is 45.3.